The fourth-order valence-corrected chi connectivity index (χ4v) is 5.37. The van der Waals surface area contributed by atoms with Crippen LogP contribution in [0.4, 0.5) is 5.69 Å². The molecule has 1 aromatic heterocycles. The second-order valence-electron chi connectivity index (χ2n) is 13.1. The molecule has 48 heavy (non-hydrogen) atoms. The topological polar surface area (TPSA) is 69.6 Å². The van der Waals surface area contributed by atoms with Crippen molar-refractivity contribution >= 4 is 22.5 Å². The maximum Gasteiger partial charge on any atom is 0.297 e. The molecule has 0 aliphatic rings. The molecular weight excluding hydrogens is 596 g/mol. The number of ether oxygens (including phenoxy) is 2. The van der Waals surface area contributed by atoms with Gasteiger partial charge in [-0.15, -0.1) is 0 Å². The molecule has 0 bridgehead atoms. The van der Waals surface area contributed by atoms with E-state index in [0.717, 1.165) is 56.8 Å². The van der Waals surface area contributed by atoms with Crippen molar-refractivity contribution in [3.63, 3.8) is 0 Å². The summed E-state index contributed by atoms with van der Waals surface area (Å²) in [6.45, 7) is 16.0. The molecule has 0 saturated carbocycles. The number of nitrogens with one attached hydrogen (secondary N) is 1. The third-order valence-electron chi connectivity index (χ3n) is 8.21. The summed E-state index contributed by atoms with van der Waals surface area (Å²) in [4.78, 5) is 27.3. The van der Waals surface area contributed by atoms with Gasteiger partial charge in [0.15, 0.2) is 5.75 Å². The van der Waals surface area contributed by atoms with E-state index in [1.165, 1.54) is 22.3 Å². The van der Waals surface area contributed by atoms with Gasteiger partial charge in [-0.05, 0) is 116 Å². The molecule has 258 valence electrons. The average Bonchev–Trinajstić information content (AvgIpc) is 3.05. The number of pyridine rings is 1. The predicted octanol–water partition coefficient (Wildman–Crippen LogP) is 11.0. The van der Waals surface area contributed by atoms with E-state index in [4.69, 9.17) is 9.47 Å². The zero-order chi connectivity index (χ0) is 34.9. The zero-order valence-electron chi connectivity index (χ0n) is 30.3. The number of anilines is 1. The Morgan fingerprint density at radius 2 is 1.35 bits per heavy atom. The Balaban J connectivity index is 2.04. The molecule has 0 fully saturated rings. The van der Waals surface area contributed by atoms with Crippen LogP contribution in [-0.2, 0) is 6.54 Å². The molecule has 1 N–H and O–H groups in total. The third-order valence-corrected chi connectivity index (χ3v) is 8.21. The first kappa shape index (κ1) is 38.1. The molecule has 1 heterocycles. The number of rotatable bonds is 19. The van der Waals surface area contributed by atoms with E-state index in [1.54, 1.807) is 16.7 Å². The van der Waals surface area contributed by atoms with E-state index in [0.29, 0.717) is 35.7 Å². The van der Waals surface area contributed by atoms with E-state index in [1.807, 2.05) is 42.5 Å². The minimum atomic E-state index is -0.222. The molecule has 0 saturated heterocycles. The quantitative estimate of drug-likeness (QED) is 0.103. The van der Waals surface area contributed by atoms with Gasteiger partial charge in [0.2, 0.25) is 5.75 Å². The highest BCUT2D eigenvalue weighted by molar-refractivity contribution is 6.05. The standard InChI is InChI=1S/C42H56N2O4/c1-8-9-10-14-27-44-38-30-36(43-41(45)35-21-12-11-13-22-35)23-24-37(38)39(47-28-25-33(6)19-15-17-31(2)3)40(42(44)46)48-29-26-34(7)20-16-18-32(4)5/h11-13,17-18,21-26,30H,8-10,14-16,19-20,27-29H2,1-7H3,(H,43,45)/b33-25+,34-26+. The molecule has 0 aliphatic carbocycles. The lowest BCUT2D eigenvalue weighted by Crippen LogP contribution is -2.24. The maximum atomic E-state index is 14.3. The van der Waals surface area contributed by atoms with Crippen LogP contribution in [-0.4, -0.2) is 23.7 Å². The van der Waals surface area contributed by atoms with Crippen molar-refractivity contribution in [2.24, 2.45) is 0 Å². The summed E-state index contributed by atoms with van der Waals surface area (Å²) in [7, 11) is 0. The monoisotopic (exact) mass is 652 g/mol. The van der Waals surface area contributed by atoms with Crippen molar-refractivity contribution in [1.82, 2.24) is 4.57 Å². The number of hydrogen-bond acceptors (Lipinski definition) is 4. The predicted molar refractivity (Wildman–Crippen MR) is 203 cm³/mol. The molecule has 3 aromatic rings. The van der Waals surface area contributed by atoms with Gasteiger partial charge in [-0.25, -0.2) is 0 Å². The van der Waals surface area contributed by atoms with Crippen LogP contribution in [0.15, 0.2) is 99.9 Å². The molecule has 6 nitrogen and oxygen atoms in total. The Bertz CT molecular complexity index is 1670. The smallest absolute Gasteiger partial charge is 0.297 e. The fraction of sp³-hybridized carbons (Fsp3) is 0.429. The number of allylic oxidation sites excluding steroid dienone is 6. The van der Waals surface area contributed by atoms with E-state index in [2.05, 4.69) is 72.0 Å². The number of unbranched alkanes of at least 4 members (excludes halogenated alkanes) is 3. The first-order chi connectivity index (χ1) is 23.1. The molecule has 0 unspecified atom stereocenters. The summed E-state index contributed by atoms with van der Waals surface area (Å²) in [6, 6.07) is 14.8. The van der Waals surface area contributed by atoms with E-state index in [-0.39, 0.29) is 23.8 Å². The van der Waals surface area contributed by atoms with Crippen molar-refractivity contribution in [3.8, 4) is 11.5 Å². The second kappa shape index (κ2) is 20.1. The summed E-state index contributed by atoms with van der Waals surface area (Å²) in [6.07, 6.45) is 16.5. The molecule has 0 spiro atoms. The van der Waals surface area contributed by atoms with E-state index < -0.39 is 0 Å². The largest absolute Gasteiger partial charge is 0.485 e. The normalized spacial score (nSPS) is 11.7. The van der Waals surface area contributed by atoms with Gasteiger partial charge in [0.1, 0.15) is 13.2 Å². The van der Waals surface area contributed by atoms with Crippen molar-refractivity contribution in [1.29, 1.82) is 0 Å². The summed E-state index contributed by atoms with van der Waals surface area (Å²) in [5, 5.41) is 3.79. The molecule has 0 aliphatic heterocycles. The summed E-state index contributed by atoms with van der Waals surface area (Å²) in [5.74, 6) is 0.455. The van der Waals surface area contributed by atoms with Gasteiger partial charge in [0, 0.05) is 23.2 Å². The van der Waals surface area contributed by atoms with Gasteiger partial charge in [-0.1, -0.05) is 78.8 Å². The van der Waals surface area contributed by atoms with E-state index >= 15 is 0 Å². The van der Waals surface area contributed by atoms with Crippen molar-refractivity contribution in [3.05, 3.63) is 111 Å². The van der Waals surface area contributed by atoms with Crippen LogP contribution in [0.25, 0.3) is 10.9 Å². The summed E-state index contributed by atoms with van der Waals surface area (Å²) < 4.78 is 14.5. The van der Waals surface area contributed by atoms with Crippen LogP contribution in [0.5, 0.6) is 11.5 Å². The zero-order valence-corrected chi connectivity index (χ0v) is 30.3. The molecular formula is C42H56N2O4. The lowest BCUT2D eigenvalue weighted by molar-refractivity contribution is 0.102. The van der Waals surface area contributed by atoms with Gasteiger partial charge in [0.25, 0.3) is 11.5 Å². The van der Waals surface area contributed by atoms with Gasteiger partial charge in [-0.3, -0.25) is 9.59 Å². The van der Waals surface area contributed by atoms with Crippen LogP contribution in [0.1, 0.15) is 110 Å². The number of amides is 1. The van der Waals surface area contributed by atoms with Crippen molar-refractivity contribution in [2.75, 3.05) is 18.5 Å². The molecule has 6 heteroatoms. The van der Waals surface area contributed by atoms with Gasteiger partial charge >= 0.3 is 0 Å². The number of aromatic nitrogens is 1. The Kier molecular flexibility index (Phi) is 16.0. The van der Waals surface area contributed by atoms with Crippen LogP contribution in [0.2, 0.25) is 0 Å². The third kappa shape index (κ3) is 12.4. The van der Waals surface area contributed by atoms with Crippen LogP contribution in [0.3, 0.4) is 0 Å². The van der Waals surface area contributed by atoms with Crippen molar-refractivity contribution in [2.45, 2.75) is 106 Å². The lowest BCUT2D eigenvalue weighted by atomic mass is 10.1. The number of benzene rings is 2. The highest BCUT2D eigenvalue weighted by Crippen LogP contribution is 2.35. The van der Waals surface area contributed by atoms with Gasteiger partial charge < -0.3 is 19.4 Å². The van der Waals surface area contributed by atoms with Gasteiger partial charge in [0.05, 0.1) is 5.52 Å². The number of fused-ring (bicyclic) bond motifs is 1. The number of carbonyl (C=O) groups is 1. The Morgan fingerprint density at radius 3 is 1.94 bits per heavy atom. The number of hydrogen-bond donors (Lipinski definition) is 1. The highest BCUT2D eigenvalue weighted by atomic mass is 16.5. The first-order valence-electron chi connectivity index (χ1n) is 17.5. The lowest BCUT2D eigenvalue weighted by Gasteiger charge is -2.19. The Morgan fingerprint density at radius 1 is 0.750 bits per heavy atom. The van der Waals surface area contributed by atoms with Gasteiger partial charge in [-0.2, -0.15) is 0 Å². The number of aryl methyl sites for hydroxylation is 1. The molecule has 0 atom stereocenters. The first-order valence-corrected chi connectivity index (χ1v) is 17.5. The average molecular weight is 653 g/mol. The maximum absolute atomic E-state index is 14.3. The SMILES string of the molecule is CCCCCCn1c(=O)c(OC/C=C(\C)CCC=C(C)C)c(OC/C=C(\C)CCC=C(C)C)c2ccc(NC(=O)c3ccccc3)cc21. The molecule has 1 amide bonds. The highest BCUT2D eigenvalue weighted by Gasteiger charge is 2.20. The second-order valence-corrected chi connectivity index (χ2v) is 13.1. The van der Waals surface area contributed by atoms with Crippen LogP contribution in [0, 0.1) is 0 Å². The summed E-state index contributed by atoms with van der Waals surface area (Å²) >= 11 is 0. The van der Waals surface area contributed by atoms with Crippen LogP contribution < -0.4 is 20.3 Å². The number of carbonyl (C=O) groups excluding carboxylic acids is 1. The van der Waals surface area contributed by atoms with Crippen LogP contribution >= 0.6 is 0 Å². The fourth-order valence-electron chi connectivity index (χ4n) is 5.37. The Hall–Kier alpha value is -4.32. The number of nitrogens with zero attached hydrogens (tertiary/aromatic N) is 1. The van der Waals surface area contributed by atoms with E-state index in [9.17, 15) is 9.59 Å². The minimum absolute atomic E-state index is 0.205. The Labute approximate surface area is 288 Å². The molecule has 2 aromatic carbocycles. The molecule has 0 radical (unpaired) electrons. The minimum Gasteiger partial charge on any atom is -0.485 e. The summed E-state index contributed by atoms with van der Waals surface area (Å²) in [5.41, 5.74) is 6.72. The molecule has 3 rings (SSSR count). The van der Waals surface area contributed by atoms with Crippen molar-refractivity contribution < 1.29 is 14.3 Å².